The molecule has 0 atom stereocenters. The number of hydrogen-bond acceptors (Lipinski definition) is 6. The molecule has 16 heavy (non-hydrogen) atoms. The van der Waals surface area contributed by atoms with E-state index in [1.165, 1.54) is 6.92 Å². The maximum atomic E-state index is 11.5. The van der Waals surface area contributed by atoms with Crippen LogP contribution in [0, 0.1) is 0 Å². The number of aliphatic carboxylic acids is 1. The molecule has 1 aliphatic heterocycles. The topological polar surface area (TPSA) is 118 Å². The number of aliphatic imine (C=N–C) groups is 1. The average molecular weight is 267 g/mol. The molecule has 0 saturated heterocycles. The first kappa shape index (κ1) is 12.8. The standard InChI is InChI=1S/C7H9NO6S2/c1-2-15(11,12)4-6-8-3-5(7(9)10)16(6,13)14/h3H,2,4H2,1H3,(H,9,10). The molecule has 1 aliphatic rings. The lowest BCUT2D eigenvalue weighted by Crippen LogP contribution is -2.25. The van der Waals surface area contributed by atoms with Crippen LogP contribution in [0.3, 0.4) is 0 Å². The first-order valence-corrected chi connectivity index (χ1v) is 7.47. The summed E-state index contributed by atoms with van der Waals surface area (Å²) in [4.78, 5) is 13.0. The van der Waals surface area contributed by atoms with Crippen molar-refractivity contribution in [1.82, 2.24) is 0 Å². The van der Waals surface area contributed by atoms with E-state index in [0.29, 0.717) is 6.20 Å². The molecule has 0 aromatic heterocycles. The van der Waals surface area contributed by atoms with Crippen molar-refractivity contribution in [3.8, 4) is 0 Å². The van der Waals surface area contributed by atoms with Crippen molar-refractivity contribution in [2.24, 2.45) is 4.99 Å². The molecule has 0 aromatic carbocycles. The zero-order valence-electron chi connectivity index (χ0n) is 8.24. The third-order valence-electron chi connectivity index (χ3n) is 1.92. The molecule has 0 aromatic rings. The number of sulfone groups is 2. The minimum absolute atomic E-state index is 0.232. The Balaban J connectivity index is 3.06. The van der Waals surface area contributed by atoms with Gasteiger partial charge in [-0.1, -0.05) is 6.92 Å². The summed E-state index contributed by atoms with van der Waals surface area (Å²) >= 11 is 0. The Bertz CT molecular complexity index is 580. The number of carboxylic acids is 1. The van der Waals surface area contributed by atoms with Crippen LogP contribution in [-0.4, -0.2) is 44.5 Å². The fourth-order valence-electron chi connectivity index (χ4n) is 0.972. The molecule has 0 saturated carbocycles. The number of hydrogen-bond donors (Lipinski definition) is 1. The molecule has 0 fully saturated rings. The van der Waals surface area contributed by atoms with Gasteiger partial charge in [0.1, 0.15) is 5.75 Å². The van der Waals surface area contributed by atoms with E-state index < -0.39 is 41.3 Å². The highest BCUT2D eigenvalue weighted by molar-refractivity contribution is 8.12. The van der Waals surface area contributed by atoms with Crippen LogP contribution in [0.2, 0.25) is 0 Å². The second-order valence-corrected chi connectivity index (χ2v) is 7.27. The zero-order valence-corrected chi connectivity index (χ0v) is 9.88. The summed E-state index contributed by atoms with van der Waals surface area (Å²) in [5, 5.41) is 7.92. The Hall–Kier alpha value is -1.22. The number of carboxylic acid groups (broad SMARTS) is 1. The van der Waals surface area contributed by atoms with Gasteiger partial charge in [0.15, 0.2) is 19.8 Å². The highest BCUT2D eigenvalue weighted by Crippen LogP contribution is 2.18. The van der Waals surface area contributed by atoms with Crippen molar-refractivity contribution in [1.29, 1.82) is 0 Å². The first-order chi connectivity index (χ1) is 7.20. The van der Waals surface area contributed by atoms with E-state index in [2.05, 4.69) is 4.99 Å². The second kappa shape index (κ2) is 3.98. The molecule has 90 valence electrons. The summed E-state index contributed by atoms with van der Waals surface area (Å²) in [6, 6.07) is 0. The van der Waals surface area contributed by atoms with Gasteiger partial charge in [-0.15, -0.1) is 0 Å². The number of nitrogens with zero attached hydrogens (tertiary/aromatic N) is 1. The summed E-state index contributed by atoms with van der Waals surface area (Å²) in [5.74, 6) is -2.64. The molecule has 9 heteroatoms. The smallest absolute Gasteiger partial charge is 0.349 e. The Morgan fingerprint density at radius 3 is 2.44 bits per heavy atom. The van der Waals surface area contributed by atoms with E-state index in [0.717, 1.165) is 0 Å². The quantitative estimate of drug-likeness (QED) is 0.710. The fourth-order valence-corrected chi connectivity index (χ4v) is 3.65. The Morgan fingerprint density at radius 2 is 2.06 bits per heavy atom. The average Bonchev–Trinajstić information content (AvgIpc) is 2.42. The number of rotatable bonds is 4. The minimum Gasteiger partial charge on any atom is -0.477 e. The molecule has 1 rings (SSSR count). The van der Waals surface area contributed by atoms with Gasteiger partial charge in [-0.3, -0.25) is 0 Å². The van der Waals surface area contributed by atoms with Crippen molar-refractivity contribution in [3.63, 3.8) is 0 Å². The van der Waals surface area contributed by atoms with Crippen LogP contribution in [0.15, 0.2) is 16.1 Å². The van der Waals surface area contributed by atoms with E-state index in [1.54, 1.807) is 0 Å². The van der Waals surface area contributed by atoms with Gasteiger partial charge in [0, 0.05) is 5.75 Å². The lowest BCUT2D eigenvalue weighted by atomic mass is 10.6. The molecule has 7 nitrogen and oxygen atoms in total. The molecule has 0 aliphatic carbocycles. The Kier molecular flexibility index (Phi) is 3.20. The maximum Gasteiger partial charge on any atom is 0.349 e. The third kappa shape index (κ3) is 2.30. The van der Waals surface area contributed by atoms with Gasteiger partial charge < -0.3 is 5.11 Å². The Labute approximate surface area is 92.3 Å². The normalized spacial score (nSPS) is 19.1. The molecule has 0 unspecified atom stereocenters. The molecular formula is C7H9NO6S2. The van der Waals surface area contributed by atoms with Crippen LogP contribution in [0.1, 0.15) is 6.92 Å². The molecule has 0 radical (unpaired) electrons. The highest BCUT2D eigenvalue weighted by Gasteiger charge is 2.36. The molecule has 1 N–H and O–H groups in total. The van der Waals surface area contributed by atoms with Crippen molar-refractivity contribution < 1.29 is 26.7 Å². The van der Waals surface area contributed by atoms with E-state index in [4.69, 9.17) is 5.11 Å². The molecular weight excluding hydrogens is 258 g/mol. The fraction of sp³-hybridized carbons (Fsp3) is 0.429. The van der Waals surface area contributed by atoms with Crippen molar-refractivity contribution >= 4 is 30.7 Å². The van der Waals surface area contributed by atoms with Gasteiger partial charge in [0.05, 0.1) is 6.20 Å². The van der Waals surface area contributed by atoms with Gasteiger partial charge in [-0.2, -0.15) is 0 Å². The summed E-state index contributed by atoms with van der Waals surface area (Å²) in [5.41, 5.74) is 0. The van der Waals surface area contributed by atoms with Gasteiger partial charge in [0.2, 0.25) is 9.84 Å². The summed E-state index contributed by atoms with van der Waals surface area (Å²) in [6.07, 6.45) is 0.651. The minimum atomic E-state index is -4.24. The van der Waals surface area contributed by atoms with Crippen LogP contribution in [-0.2, 0) is 24.5 Å². The molecule has 0 amide bonds. The van der Waals surface area contributed by atoms with Crippen molar-refractivity contribution in [3.05, 3.63) is 11.1 Å². The van der Waals surface area contributed by atoms with Crippen LogP contribution in [0.5, 0.6) is 0 Å². The van der Waals surface area contributed by atoms with E-state index in [9.17, 15) is 21.6 Å². The summed E-state index contributed by atoms with van der Waals surface area (Å²) in [6.45, 7) is 1.36. The lowest BCUT2D eigenvalue weighted by Gasteiger charge is -2.02. The largest absolute Gasteiger partial charge is 0.477 e. The Morgan fingerprint density at radius 1 is 1.50 bits per heavy atom. The summed E-state index contributed by atoms with van der Waals surface area (Å²) in [7, 11) is -7.80. The van der Waals surface area contributed by atoms with Crippen LogP contribution < -0.4 is 0 Å². The van der Waals surface area contributed by atoms with Gasteiger partial charge in [-0.25, -0.2) is 26.6 Å². The van der Waals surface area contributed by atoms with Gasteiger partial charge in [0.25, 0.3) is 0 Å². The van der Waals surface area contributed by atoms with Crippen LogP contribution in [0.4, 0.5) is 0 Å². The molecule has 0 bridgehead atoms. The monoisotopic (exact) mass is 267 g/mol. The van der Waals surface area contributed by atoms with Crippen LogP contribution >= 0.6 is 0 Å². The zero-order chi connectivity index (χ0) is 12.6. The van der Waals surface area contributed by atoms with E-state index in [-0.39, 0.29) is 5.75 Å². The van der Waals surface area contributed by atoms with Gasteiger partial charge >= 0.3 is 5.97 Å². The molecule has 0 spiro atoms. The van der Waals surface area contributed by atoms with E-state index in [1.807, 2.05) is 0 Å². The third-order valence-corrected chi connectivity index (χ3v) is 5.42. The lowest BCUT2D eigenvalue weighted by molar-refractivity contribution is -0.131. The first-order valence-electron chi connectivity index (χ1n) is 4.16. The predicted octanol–water partition coefficient (Wildman–Crippen LogP) is -0.826. The van der Waals surface area contributed by atoms with Crippen LogP contribution in [0.25, 0.3) is 0 Å². The second-order valence-electron chi connectivity index (χ2n) is 3.00. The summed E-state index contributed by atoms with van der Waals surface area (Å²) < 4.78 is 45.4. The molecule has 1 heterocycles. The van der Waals surface area contributed by atoms with E-state index >= 15 is 0 Å². The highest BCUT2D eigenvalue weighted by atomic mass is 32.2. The van der Waals surface area contributed by atoms with Gasteiger partial charge in [-0.05, 0) is 0 Å². The number of carbonyl (C=O) groups is 1. The maximum absolute atomic E-state index is 11.5. The van der Waals surface area contributed by atoms with Crippen molar-refractivity contribution in [2.75, 3.05) is 11.5 Å². The SMILES string of the molecule is CCS(=O)(=O)CC1=NC=C(C(=O)O)S1(=O)=O. The predicted molar refractivity (Wildman–Crippen MR) is 56.4 cm³/mol. The van der Waals surface area contributed by atoms with Crippen molar-refractivity contribution in [2.45, 2.75) is 6.92 Å².